The number of anilines is 1. The highest BCUT2D eigenvalue weighted by atomic mass is 32.1. The molecule has 1 aromatic carbocycles. The summed E-state index contributed by atoms with van der Waals surface area (Å²) in [4.78, 5) is 21.0. The number of thiazole rings is 1. The van der Waals surface area contributed by atoms with Crippen molar-refractivity contribution in [1.82, 2.24) is 4.98 Å². The first-order chi connectivity index (χ1) is 13.2. The van der Waals surface area contributed by atoms with Crippen molar-refractivity contribution in [2.24, 2.45) is 0 Å². The summed E-state index contributed by atoms with van der Waals surface area (Å²) in [7, 11) is 0. The number of nitrogens with zero attached hydrogens (tertiary/aromatic N) is 2. The molecule has 0 saturated carbocycles. The lowest BCUT2D eigenvalue weighted by atomic mass is 10.2. The maximum Gasteiger partial charge on any atom is 0.295 e. The van der Waals surface area contributed by atoms with Gasteiger partial charge in [-0.25, -0.2) is 4.98 Å². The molecule has 3 aromatic rings. The normalized spacial score (nSPS) is 11.1. The molecule has 2 aromatic heterocycles. The van der Waals surface area contributed by atoms with E-state index < -0.39 is 0 Å². The van der Waals surface area contributed by atoms with Crippen molar-refractivity contribution in [2.45, 2.75) is 20.3 Å². The predicted molar refractivity (Wildman–Crippen MR) is 109 cm³/mol. The van der Waals surface area contributed by atoms with Gasteiger partial charge >= 0.3 is 0 Å². The van der Waals surface area contributed by atoms with Crippen LogP contribution in [0.15, 0.2) is 58.5 Å². The van der Waals surface area contributed by atoms with Crippen LogP contribution in [0.2, 0.25) is 0 Å². The Kier molecular flexibility index (Phi) is 6.79. The van der Waals surface area contributed by atoms with Crippen molar-refractivity contribution >= 4 is 22.4 Å². The average Bonchev–Trinajstić information content (AvgIpc) is 3.41. The van der Waals surface area contributed by atoms with Crippen LogP contribution >= 0.6 is 11.3 Å². The van der Waals surface area contributed by atoms with Gasteiger partial charge in [0.25, 0.3) is 5.91 Å². The fraction of sp³-hybridized carbons (Fsp3) is 0.333. The molecule has 1 amide bonds. The van der Waals surface area contributed by atoms with Gasteiger partial charge in [0.15, 0.2) is 10.9 Å². The van der Waals surface area contributed by atoms with Crippen LogP contribution < -0.4 is 9.80 Å². The smallest absolute Gasteiger partial charge is 0.295 e. The number of carbonyl (C=O) groups excluding carboxylic acids is 1. The van der Waals surface area contributed by atoms with E-state index in [4.69, 9.17) is 9.40 Å². The molecule has 142 valence electrons. The highest BCUT2D eigenvalue weighted by Gasteiger charge is 2.23. The summed E-state index contributed by atoms with van der Waals surface area (Å²) in [5.74, 6) is 0.213. The van der Waals surface area contributed by atoms with Crippen molar-refractivity contribution in [3.05, 3.63) is 59.9 Å². The lowest BCUT2D eigenvalue weighted by Crippen LogP contribution is -3.11. The van der Waals surface area contributed by atoms with Crippen LogP contribution in [0.25, 0.3) is 11.3 Å². The Bertz CT molecular complexity index is 826. The van der Waals surface area contributed by atoms with E-state index in [0.29, 0.717) is 17.4 Å². The van der Waals surface area contributed by atoms with Crippen LogP contribution in [0, 0.1) is 0 Å². The molecule has 0 aliphatic rings. The van der Waals surface area contributed by atoms with E-state index in [-0.39, 0.29) is 5.91 Å². The fourth-order valence-corrected chi connectivity index (χ4v) is 3.90. The zero-order valence-electron chi connectivity index (χ0n) is 15.9. The molecule has 0 atom stereocenters. The van der Waals surface area contributed by atoms with Crippen molar-refractivity contribution in [2.75, 3.05) is 31.1 Å². The number of hydrogen-bond acceptors (Lipinski definition) is 4. The first kappa shape index (κ1) is 19.3. The largest absolute Gasteiger partial charge is 0.459 e. The van der Waals surface area contributed by atoms with Crippen LogP contribution in [0.3, 0.4) is 0 Å². The zero-order chi connectivity index (χ0) is 19.1. The molecule has 0 radical (unpaired) electrons. The quantitative estimate of drug-likeness (QED) is 0.615. The summed E-state index contributed by atoms with van der Waals surface area (Å²) in [6.07, 6.45) is 2.45. The molecular weight excluding hydrogens is 358 g/mol. The van der Waals surface area contributed by atoms with Gasteiger partial charge in [0.1, 0.15) is 0 Å². The number of nitrogens with one attached hydrogen (secondary N) is 1. The minimum atomic E-state index is -0.136. The number of benzene rings is 1. The number of amides is 1. The number of carbonyl (C=O) groups is 1. The van der Waals surface area contributed by atoms with Crippen molar-refractivity contribution in [3.8, 4) is 11.3 Å². The maximum absolute atomic E-state index is 13.0. The Morgan fingerprint density at radius 1 is 1.15 bits per heavy atom. The third-order valence-electron chi connectivity index (χ3n) is 4.68. The number of furan rings is 1. The number of hydrogen-bond donors (Lipinski definition) is 1. The maximum atomic E-state index is 13.0. The second-order valence-electron chi connectivity index (χ2n) is 6.38. The molecule has 0 unspecified atom stereocenters. The summed E-state index contributed by atoms with van der Waals surface area (Å²) >= 11 is 1.49. The molecule has 0 spiro atoms. The van der Waals surface area contributed by atoms with Gasteiger partial charge in [-0.3, -0.25) is 9.69 Å². The second-order valence-corrected chi connectivity index (χ2v) is 7.21. The molecule has 27 heavy (non-hydrogen) atoms. The van der Waals surface area contributed by atoms with E-state index in [1.54, 1.807) is 17.0 Å². The van der Waals surface area contributed by atoms with Gasteiger partial charge < -0.3 is 9.32 Å². The summed E-state index contributed by atoms with van der Waals surface area (Å²) in [6, 6.07) is 13.5. The summed E-state index contributed by atoms with van der Waals surface area (Å²) in [6.45, 7) is 8.24. The standard InChI is InChI=1S/C21H25N3O2S/c1-3-23(4-2)13-9-14-24(20(25)19-12-8-15-26-19)21-22-18(16-27-21)17-10-6-5-7-11-17/h5-8,10-12,15-16H,3-4,9,13-14H2,1-2H3/p+1. The van der Waals surface area contributed by atoms with E-state index in [1.165, 1.54) is 22.5 Å². The lowest BCUT2D eigenvalue weighted by Gasteiger charge is -2.21. The fourth-order valence-electron chi connectivity index (χ4n) is 3.04. The molecule has 2 heterocycles. The molecule has 0 saturated heterocycles. The van der Waals surface area contributed by atoms with Gasteiger partial charge in [0.05, 0.1) is 31.6 Å². The zero-order valence-corrected chi connectivity index (χ0v) is 16.7. The van der Waals surface area contributed by atoms with Crippen LogP contribution in [0.5, 0.6) is 0 Å². The Balaban J connectivity index is 1.79. The van der Waals surface area contributed by atoms with Crippen molar-refractivity contribution in [1.29, 1.82) is 0 Å². The highest BCUT2D eigenvalue weighted by molar-refractivity contribution is 7.14. The first-order valence-electron chi connectivity index (χ1n) is 9.42. The monoisotopic (exact) mass is 384 g/mol. The molecule has 3 rings (SSSR count). The van der Waals surface area contributed by atoms with Gasteiger partial charge in [-0.15, -0.1) is 11.3 Å². The summed E-state index contributed by atoms with van der Waals surface area (Å²) < 4.78 is 5.34. The Morgan fingerprint density at radius 2 is 1.93 bits per heavy atom. The molecule has 0 aliphatic heterocycles. The van der Waals surface area contributed by atoms with Crippen LogP contribution in [-0.4, -0.2) is 37.1 Å². The van der Waals surface area contributed by atoms with E-state index >= 15 is 0 Å². The van der Waals surface area contributed by atoms with E-state index in [1.807, 2.05) is 35.7 Å². The van der Waals surface area contributed by atoms with Gasteiger partial charge in [0.2, 0.25) is 0 Å². The van der Waals surface area contributed by atoms with E-state index in [0.717, 1.165) is 37.3 Å². The topological polar surface area (TPSA) is 50.8 Å². The summed E-state index contributed by atoms with van der Waals surface area (Å²) in [5.41, 5.74) is 1.94. The minimum absolute atomic E-state index is 0.136. The van der Waals surface area contributed by atoms with Gasteiger partial charge in [0, 0.05) is 23.9 Å². The Labute approximate surface area is 164 Å². The number of quaternary nitrogens is 1. The van der Waals surface area contributed by atoms with Crippen LogP contribution in [0.1, 0.15) is 30.8 Å². The number of rotatable bonds is 9. The van der Waals surface area contributed by atoms with Crippen LogP contribution in [0.4, 0.5) is 5.13 Å². The minimum Gasteiger partial charge on any atom is -0.459 e. The number of aromatic nitrogens is 1. The molecule has 0 aliphatic carbocycles. The van der Waals surface area contributed by atoms with Gasteiger partial charge in [-0.05, 0) is 26.0 Å². The first-order valence-corrected chi connectivity index (χ1v) is 10.3. The third kappa shape index (κ3) is 4.84. The molecule has 0 fully saturated rings. The third-order valence-corrected chi connectivity index (χ3v) is 5.55. The second kappa shape index (κ2) is 9.48. The van der Waals surface area contributed by atoms with E-state index in [9.17, 15) is 4.79 Å². The van der Waals surface area contributed by atoms with Crippen molar-refractivity contribution in [3.63, 3.8) is 0 Å². The molecule has 1 N–H and O–H groups in total. The SMILES string of the molecule is CC[NH+](CC)CCCN(C(=O)c1ccco1)c1nc(-c2ccccc2)cs1. The molecule has 5 nitrogen and oxygen atoms in total. The highest BCUT2D eigenvalue weighted by Crippen LogP contribution is 2.28. The Morgan fingerprint density at radius 3 is 2.59 bits per heavy atom. The molecule has 6 heteroatoms. The van der Waals surface area contributed by atoms with Crippen molar-refractivity contribution < 1.29 is 14.1 Å². The van der Waals surface area contributed by atoms with E-state index in [2.05, 4.69) is 13.8 Å². The summed E-state index contributed by atoms with van der Waals surface area (Å²) in [5, 5.41) is 2.72. The predicted octanol–water partition coefficient (Wildman–Crippen LogP) is 3.36. The molecular formula is C21H26N3O2S+. The van der Waals surface area contributed by atoms with Gasteiger partial charge in [-0.2, -0.15) is 0 Å². The Hall–Kier alpha value is -2.44. The molecule has 0 bridgehead atoms. The lowest BCUT2D eigenvalue weighted by molar-refractivity contribution is -0.896. The van der Waals surface area contributed by atoms with Crippen LogP contribution in [-0.2, 0) is 0 Å². The average molecular weight is 385 g/mol. The van der Waals surface area contributed by atoms with Gasteiger partial charge in [-0.1, -0.05) is 30.3 Å².